The molecule has 31 heavy (non-hydrogen) atoms. The molecular weight excluding hydrogens is 418 g/mol. The number of rotatable bonds is 9. The van der Waals surface area contributed by atoms with Crippen LogP contribution >= 0.6 is 0 Å². The van der Waals surface area contributed by atoms with Crippen LogP contribution in [-0.2, 0) is 19.6 Å². The van der Waals surface area contributed by atoms with E-state index in [2.05, 4.69) is 10.6 Å². The van der Waals surface area contributed by atoms with E-state index in [0.717, 1.165) is 19.3 Å². The molecule has 1 aromatic rings. The summed E-state index contributed by atoms with van der Waals surface area (Å²) in [4.78, 5) is 25.6. The first-order chi connectivity index (χ1) is 14.8. The van der Waals surface area contributed by atoms with Gasteiger partial charge in [0.15, 0.2) is 0 Å². The lowest BCUT2D eigenvalue weighted by atomic mass is 9.94. The van der Waals surface area contributed by atoms with Gasteiger partial charge >= 0.3 is 0 Å². The molecule has 0 bridgehead atoms. The molecule has 1 aliphatic carbocycles. The van der Waals surface area contributed by atoms with Crippen molar-refractivity contribution in [2.24, 2.45) is 11.8 Å². The highest BCUT2D eigenvalue weighted by atomic mass is 32.2. The van der Waals surface area contributed by atoms with Gasteiger partial charge in [0.05, 0.1) is 12.0 Å². The van der Waals surface area contributed by atoms with Gasteiger partial charge in [0, 0.05) is 25.0 Å². The van der Waals surface area contributed by atoms with E-state index in [-0.39, 0.29) is 47.7 Å². The van der Waals surface area contributed by atoms with Gasteiger partial charge in [0.2, 0.25) is 21.8 Å². The van der Waals surface area contributed by atoms with Gasteiger partial charge in [0.25, 0.3) is 0 Å². The van der Waals surface area contributed by atoms with Crippen LogP contribution in [0.2, 0.25) is 0 Å². The fourth-order valence-corrected chi connectivity index (χ4v) is 5.22. The van der Waals surface area contributed by atoms with Gasteiger partial charge in [-0.2, -0.15) is 4.31 Å². The van der Waals surface area contributed by atoms with Crippen LogP contribution < -0.4 is 15.4 Å². The van der Waals surface area contributed by atoms with Crippen molar-refractivity contribution < 1.29 is 22.7 Å². The number of piperidine rings is 1. The highest BCUT2D eigenvalue weighted by Crippen LogP contribution is 2.26. The van der Waals surface area contributed by atoms with E-state index in [4.69, 9.17) is 4.74 Å². The van der Waals surface area contributed by atoms with Gasteiger partial charge in [0.1, 0.15) is 11.8 Å². The Balaban J connectivity index is 1.58. The Morgan fingerprint density at radius 3 is 2.26 bits per heavy atom. The van der Waals surface area contributed by atoms with Gasteiger partial charge in [-0.15, -0.1) is 0 Å². The molecule has 2 N–H and O–H groups in total. The predicted molar refractivity (Wildman–Crippen MR) is 117 cm³/mol. The van der Waals surface area contributed by atoms with E-state index in [1.165, 1.54) is 23.5 Å². The van der Waals surface area contributed by atoms with Crippen LogP contribution in [0, 0.1) is 11.8 Å². The van der Waals surface area contributed by atoms with E-state index in [0.29, 0.717) is 18.6 Å². The average molecular weight is 452 g/mol. The summed E-state index contributed by atoms with van der Waals surface area (Å²) in [5.41, 5.74) is 0. The number of ether oxygens (including phenoxy) is 1. The first kappa shape index (κ1) is 23.5. The monoisotopic (exact) mass is 451 g/mol. The third kappa shape index (κ3) is 5.77. The summed E-state index contributed by atoms with van der Waals surface area (Å²) in [5, 5.41) is 5.92. The standard InChI is InChI=1S/C22H33N3O5S/c1-4-15(2)20(22(27)23-17-5-6-17)24-21(26)16-11-13-25(14-12-16)31(28,29)19-9-7-18(30-3)8-10-19/h7-10,15-17,20H,4-6,11-14H2,1-3H3,(H,23,27)(H,24,26)/t15-,20-/m0/s1. The van der Waals surface area contributed by atoms with Crippen LogP contribution in [0.1, 0.15) is 46.0 Å². The molecule has 172 valence electrons. The van der Waals surface area contributed by atoms with Crippen LogP contribution in [0.15, 0.2) is 29.2 Å². The van der Waals surface area contributed by atoms with Gasteiger partial charge in [-0.05, 0) is 55.9 Å². The fraction of sp³-hybridized carbons (Fsp3) is 0.636. The smallest absolute Gasteiger partial charge is 0.243 e. The molecule has 0 radical (unpaired) electrons. The Hall–Kier alpha value is -2.13. The molecule has 1 aliphatic heterocycles. The minimum absolute atomic E-state index is 0.0261. The molecule has 0 aromatic heterocycles. The number of carbonyl (C=O) groups is 2. The zero-order valence-electron chi connectivity index (χ0n) is 18.5. The maximum absolute atomic E-state index is 12.9. The number of benzene rings is 1. The van der Waals surface area contributed by atoms with Crippen molar-refractivity contribution in [2.75, 3.05) is 20.2 Å². The topological polar surface area (TPSA) is 105 Å². The molecule has 1 heterocycles. The molecule has 3 rings (SSSR count). The summed E-state index contributed by atoms with van der Waals surface area (Å²) in [7, 11) is -2.09. The van der Waals surface area contributed by atoms with Crippen LogP contribution in [0.4, 0.5) is 0 Å². The molecular formula is C22H33N3O5S. The van der Waals surface area contributed by atoms with E-state index < -0.39 is 16.1 Å². The largest absolute Gasteiger partial charge is 0.497 e. The average Bonchev–Trinajstić information content (AvgIpc) is 3.60. The number of hydrogen-bond donors (Lipinski definition) is 2. The van der Waals surface area contributed by atoms with Crippen molar-refractivity contribution in [3.63, 3.8) is 0 Å². The third-order valence-corrected chi connectivity index (χ3v) is 8.15. The number of carbonyl (C=O) groups excluding carboxylic acids is 2. The molecule has 0 unspecified atom stereocenters. The molecule has 2 amide bonds. The molecule has 8 nitrogen and oxygen atoms in total. The lowest BCUT2D eigenvalue weighted by Crippen LogP contribution is -2.53. The summed E-state index contributed by atoms with van der Waals surface area (Å²) in [5.74, 6) is 0.0270. The van der Waals surface area contributed by atoms with E-state index in [1.807, 2.05) is 13.8 Å². The summed E-state index contributed by atoms with van der Waals surface area (Å²) >= 11 is 0. The Morgan fingerprint density at radius 1 is 1.13 bits per heavy atom. The number of amides is 2. The summed E-state index contributed by atoms with van der Waals surface area (Å²) in [6, 6.07) is 5.98. The molecule has 1 saturated carbocycles. The quantitative estimate of drug-likeness (QED) is 0.597. The molecule has 0 spiro atoms. The van der Waals surface area contributed by atoms with Crippen LogP contribution in [-0.4, -0.2) is 56.8 Å². The fourth-order valence-electron chi connectivity index (χ4n) is 3.75. The third-order valence-electron chi connectivity index (χ3n) is 6.24. The van der Waals surface area contributed by atoms with Crippen LogP contribution in [0.3, 0.4) is 0 Å². The van der Waals surface area contributed by atoms with E-state index >= 15 is 0 Å². The van der Waals surface area contributed by atoms with Gasteiger partial charge < -0.3 is 15.4 Å². The van der Waals surface area contributed by atoms with E-state index in [1.54, 1.807) is 12.1 Å². The van der Waals surface area contributed by atoms with Crippen molar-refractivity contribution in [3.8, 4) is 5.75 Å². The minimum atomic E-state index is -3.61. The van der Waals surface area contributed by atoms with Gasteiger partial charge in [-0.3, -0.25) is 9.59 Å². The molecule has 2 atom stereocenters. The minimum Gasteiger partial charge on any atom is -0.497 e. The maximum atomic E-state index is 12.9. The van der Waals surface area contributed by atoms with Crippen molar-refractivity contribution >= 4 is 21.8 Å². The van der Waals surface area contributed by atoms with Crippen molar-refractivity contribution in [1.82, 2.24) is 14.9 Å². The number of sulfonamides is 1. The van der Waals surface area contributed by atoms with Gasteiger partial charge in [-0.25, -0.2) is 8.42 Å². The maximum Gasteiger partial charge on any atom is 0.243 e. The van der Waals surface area contributed by atoms with Crippen molar-refractivity contribution in [1.29, 1.82) is 0 Å². The highest BCUT2D eigenvalue weighted by molar-refractivity contribution is 7.89. The second-order valence-electron chi connectivity index (χ2n) is 8.51. The normalized spacial score (nSPS) is 20.0. The van der Waals surface area contributed by atoms with Crippen molar-refractivity contribution in [3.05, 3.63) is 24.3 Å². The number of hydrogen-bond acceptors (Lipinski definition) is 5. The Labute approximate surface area is 184 Å². The molecule has 1 saturated heterocycles. The Morgan fingerprint density at radius 2 is 1.74 bits per heavy atom. The lowest BCUT2D eigenvalue weighted by molar-refractivity contribution is -0.133. The van der Waals surface area contributed by atoms with E-state index in [9.17, 15) is 18.0 Å². The number of nitrogens with one attached hydrogen (secondary N) is 2. The SMILES string of the molecule is CC[C@H](C)[C@H](NC(=O)C1CCN(S(=O)(=O)c2ccc(OC)cc2)CC1)C(=O)NC1CC1. The first-order valence-electron chi connectivity index (χ1n) is 11.0. The molecule has 2 aliphatic rings. The zero-order chi connectivity index (χ0) is 22.6. The van der Waals surface area contributed by atoms with Gasteiger partial charge in [-0.1, -0.05) is 20.3 Å². The Kier molecular flexibility index (Phi) is 7.59. The van der Waals surface area contributed by atoms with Crippen LogP contribution in [0.5, 0.6) is 5.75 Å². The zero-order valence-corrected chi connectivity index (χ0v) is 19.3. The summed E-state index contributed by atoms with van der Waals surface area (Å²) in [6.45, 7) is 4.50. The second-order valence-corrected chi connectivity index (χ2v) is 10.4. The molecule has 9 heteroatoms. The second kappa shape index (κ2) is 9.99. The highest BCUT2D eigenvalue weighted by Gasteiger charge is 2.35. The number of methoxy groups -OCH3 is 1. The van der Waals surface area contributed by atoms with Crippen molar-refractivity contribution in [2.45, 2.75) is 62.9 Å². The predicted octanol–water partition coefficient (Wildman–Crippen LogP) is 1.91. The number of nitrogens with zero attached hydrogens (tertiary/aromatic N) is 1. The van der Waals surface area contributed by atoms with Crippen LogP contribution in [0.25, 0.3) is 0 Å². The summed E-state index contributed by atoms with van der Waals surface area (Å²) in [6.07, 6.45) is 3.63. The first-order valence-corrected chi connectivity index (χ1v) is 12.4. The summed E-state index contributed by atoms with van der Waals surface area (Å²) < 4.78 is 32.3. The molecule has 1 aromatic carbocycles. The Bertz CT molecular complexity index is 875. The molecule has 2 fully saturated rings. The lowest BCUT2D eigenvalue weighted by Gasteiger charge is -2.32.